The van der Waals surface area contributed by atoms with Crippen LogP contribution in [0.25, 0.3) is 0 Å². The van der Waals surface area contributed by atoms with Crippen LogP contribution in [0.15, 0.2) is 23.3 Å². The van der Waals surface area contributed by atoms with Gasteiger partial charge in [-0.3, -0.25) is 0 Å². The van der Waals surface area contributed by atoms with E-state index in [2.05, 4.69) is 78.4 Å². The number of aryl methyl sites for hydroxylation is 1. The van der Waals surface area contributed by atoms with E-state index in [9.17, 15) is 0 Å². The summed E-state index contributed by atoms with van der Waals surface area (Å²) in [4.78, 5) is 0. The monoisotopic (exact) mass is 282 g/mol. The molecule has 1 aromatic carbocycles. The molecular formula is C20H28N+. The molecular weight excluding hydrogens is 254 g/mol. The zero-order valence-corrected chi connectivity index (χ0v) is 14.8. The van der Waals surface area contributed by atoms with Crippen LogP contribution in [0.1, 0.15) is 62.9 Å². The lowest BCUT2D eigenvalue weighted by molar-refractivity contribution is -0.528. The summed E-state index contributed by atoms with van der Waals surface area (Å²) >= 11 is 0. The molecule has 0 radical (unpaired) electrons. The van der Waals surface area contributed by atoms with Crippen LogP contribution >= 0.6 is 0 Å². The van der Waals surface area contributed by atoms with E-state index in [0.717, 1.165) is 0 Å². The Morgan fingerprint density at radius 1 is 0.952 bits per heavy atom. The summed E-state index contributed by atoms with van der Waals surface area (Å²) in [5, 5.41) is 0. The Balaban J connectivity index is 2.44. The number of hydrogen-bond donors (Lipinski definition) is 0. The maximum absolute atomic E-state index is 2.42. The molecule has 0 N–H and O–H groups in total. The minimum absolute atomic E-state index is 0.146. The number of hydrogen-bond acceptors (Lipinski definition) is 0. The minimum atomic E-state index is 0.146. The van der Waals surface area contributed by atoms with Crippen LogP contribution in [-0.2, 0) is 5.41 Å². The van der Waals surface area contributed by atoms with Crippen molar-refractivity contribution < 1.29 is 4.58 Å². The molecule has 1 aromatic rings. The molecule has 3 rings (SSSR count). The average molecular weight is 282 g/mol. The predicted octanol–water partition coefficient (Wildman–Crippen LogP) is 4.71. The Morgan fingerprint density at radius 2 is 1.57 bits per heavy atom. The van der Waals surface area contributed by atoms with Crippen molar-refractivity contribution in [3.8, 4) is 0 Å². The van der Waals surface area contributed by atoms with E-state index in [1.165, 1.54) is 22.3 Å². The second-order valence-electron chi connectivity index (χ2n) is 8.01. The molecule has 1 heterocycles. The number of likely N-dealkylation sites (N-methyl/N-ethyl adjacent to an activating group) is 1. The number of rotatable bonds is 0. The third-order valence-electron chi connectivity index (χ3n) is 6.47. The largest absolute Gasteiger partial charge is 0.227 e. The normalized spacial score (nSPS) is 25.5. The molecule has 1 heteroatoms. The second kappa shape index (κ2) is 4.09. The summed E-state index contributed by atoms with van der Waals surface area (Å²) in [7, 11) is 2.22. The van der Waals surface area contributed by atoms with Gasteiger partial charge in [0.15, 0.2) is 6.21 Å². The smallest absolute Gasteiger partial charge is 0.201 e. The molecule has 0 bridgehead atoms. The lowest BCUT2D eigenvalue weighted by Gasteiger charge is -2.50. The fraction of sp³-hybridized carbons (Fsp3) is 0.550. The van der Waals surface area contributed by atoms with Gasteiger partial charge in [0.1, 0.15) is 7.05 Å². The van der Waals surface area contributed by atoms with E-state index in [1.54, 1.807) is 11.1 Å². The van der Waals surface area contributed by atoms with Gasteiger partial charge in [0.2, 0.25) is 6.04 Å². The third-order valence-corrected chi connectivity index (χ3v) is 6.47. The van der Waals surface area contributed by atoms with E-state index >= 15 is 0 Å². The van der Waals surface area contributed by atoms with Crippen molar-refractivity contribution in [2.75, 3.05) is 7.05 Å². The first kappa shape index (κ1) is 14.6. The van der Waals surface area contributed by atoms with Gasteiger partial charge in [0.25, 0.3) is 0 Å². The summed E-state index contributed by atoms with van der Waals surface area (Å²) in [6.45, 7) is 16.5. The molecule has 0 spiro atoms. The Morgan fingerprint density at radius 3 is 2.19 bits per heavy atom. The van der Waals surface area contributed by atoms with Gasteiger partial charge in [-0.2, -0.15) is 0 Å². The van der Waals surface area contributed by atoms with Crippen molar-refractivity contribution in [3.05, 3.63) is 45.5 Å². The van der Waals surface area contributed by atoms with Gasteiger partial charge in [-0.15, -0.1) is 0 Å². The molecule has 2 aliphatic rings. The number of fused-ring (bicyclic) bond motifs is 3. The van der Waals surface area contributed by atoms with Crippen LogP contribution in [0, 0.1) is 19.3 Å². The predicted molar refractivity (Wildman–Crippen MR) is 90.4 cm³/mol. The number of nitrogens with zero attached hydrogens (tertiary/aromatic N) is 1. The van der Waals surface area contributed by atoms with Crippen molar-refractivity contribution in [2.45, 2.75) is 59.9 Å². The highest BCUT2D eigenvalue weighted by Crippen LogP contribution is 2.59. The van der Waals surface area contributed by atoms with Crippen LogP contribution in [-0.4, -0.2) is 17.8 Å². The summed E-state index contributed by atoms with van der Waals surface area (Å²) < 4.78 is 2.41. The summed E-state index contributed by atoms with van der Waals surface area (Å²) in [5.41, 5.74) is 9.31. The van der Waals surface area contributed by atoms with Gasteiger partial charge in [0, 0.05) is 22.1 Å². The lowest BCUT2D eigenvalue weighted by atomic mass is 9.53. The van der Waals surface area contributed by atoms with E-state index in [1.807, 2.05) is 0 Å². The highest BCUT2D eigenvalue weighted by molar-refractivity contribution is 5.79. The first-order chi connectivity index (χ1) is 9.60. The SMILES string of the molecule is CC1=C2C(c3c(ccc(C)c3C)C(C)(C)C2(C)C)[N+](C)=C1. The van der Waals surface area contributed by atoms with Crippen molar-refractivity contribution in [2.24, 2.45) is 5.41 Å². The molecule has 1 unspecified atom stereocenters. The lowest BCUT2D eigenvalue weighted by Crippen LogP contribution is -2.45. The van der Waals surface area contributed by atoms with Crippen LogP contribution in [0.2, 0.25) is 0 Å². The molecule has 0 aromatic heterocycles. The summed E-state index contributed by atoms with van der Waals surface area (Å²) in [5.74, 6) is 0. The van der Waals surface area contributed by atoms with Gasteiger partial charge in [-0.05, 0) is 42.9 Å². The van der Waals surface area contributed by atoms with Crippen molar-refractivity contribution in [1.82, 2.24) is 0 Å². The van der Waals surface area contributed by atoms with Crippen LogP contribution < -0.4 is 0 Å². The standard InChI is InChI=1S/C20H28N/c1-12-9-10-15-16(14(12)3)18-17(13(2)11-21(18)8)20(6,7)19(15,4)5/h9-11,18H,1-8H3/q+1. The fourth-order valence-electron chi connectivity index (χ4n) is 4.46. The topological polar surface area (TPSA) is 3.01 Å². The summed E-state index contributed by atoms with van der Waals surface area (Å²) in [6.07, 6.45) is 2.33. The van der Waals surface area contributed by atoms with Gasteiger partial charge in [-0.1, -0.05) is 39.8 Å². The molecule has 1 aliphatic carbocycles. The Bertz CT molecular complexity index is 699. The zero-order chi connectivity index (χ0) is 15.7. The van der Waals surface area contributed by atoms with Crippen LogP contribution in [0.5, 0.6) is 0 Å². The zero-order valence-electron chi connectivity index (χ0n) is 14.8. The fourth-order valence-corrected chi connectivity index (χ4v) is 4.46. The molecule has 0 saturated heterocycles. The van der Waals surface area contributed by atoms with Gasteiger partial charge >= 0.3 is 0 Å². The first-order valence-corrected chi connectivity index (χ1v) is 7.99. The second-order valence-corrected chi connectivity index (χ2v) is 8.01. The van der Waals surface area contributed by atoms with Gasteiger partial charge < -0.3 is 0 Å². The Hall–Kier alpha value is -1.37. The van der Waals surface area contributed by atoms with E-state index < -0.39 is 0 Å². The van der Waals surface area contributed by atoms with Crippen LogP contribution in [0.4, 0.5) is 0 Å². The van der Waals surface area contributed by atoms with Crippen LogP contribution in [0.3, 0.4) is 0 Å². The van der Waals surface area contributed by atoms with Crippen molar-refractivity contribution in [3.63, 3.8) is 0 Å². The molecule has 1 nitrogen and oxygen atoms in total. The molecule has 112 valence electrons. The first-order valence-electron chi connectivity index (χ1n) is 7.99. The molecule has 0 amide bonds. The van der Waals surface area contributed by atoms with Crippen molar-refractivity contribution in [1.29, 1.82) is 0 Å². The van der Waals surface area contributed by atoms with Gasteiger partial charge in [0.05, 0.1) is 0 Å². The average Bonchev–Trinajstić information content (AvgIpc) is 2.66. The quantitative estimate of drug-likeness (QED) is 0.606. The minimum Gasteiger partial charge on any atom is -0.227 e. The summed E-state index contributed by atoms with van der Waals surface area (Å²) in [6, 6.07) is 5.09. The van der Waals surface area contributed by atoms with Gasteiger partial charge in [-0.25, -0.2) is 4.58 Å². The maximum Gasteiger partial charge on any atom is 0.201 e. The Labute approximate surface area is 129 Å². The van der Waals surface area contributed by atoms with Crippen molar-refractivity contribution >= 4 is 6.21 Å². The number of allylic oxidation sites excluding steroid dienone is 1. The van der Waals surface area contributed by atoms with E-state index in [0.29, 0.717) is 6.04 Å². The van der Waals surface area contributed by atoms with E-state index in [-0.39, 0.29) is 10.8 Å². The molecule has 0 saturated carbocycles. The molecule has 0 fully saturated rings. The Kier molecular flexibility index (Phi) is 2.84. The molecule has 21 heavy (non-hydrogen) atoms. The molecule has 1 atom stereocenters. The van der Waals surface area contributed by atoms with E-state index in [4.69, 9.17) is 0 Å². The third kappa shape index (κ3) is 1.61. The maximum atomic E-state index is 2.42. The highest BCUT2D eigenvalue weighted by Gasteiger charge is 2.55. The molecule has 1 aliphatic heterocycles. The highest BCUT2D eigenvalue weighted by atomic mass is 15.0. The number of benzene rings is 1.